The number of nitrogens with zero attached hydrogens (tertiary/aromatic N) is 1. The molecule has 0 spiro atoms. The highest BCUT2D eigenvalue weighted by molar-refractivity contribution is 5.83. The molecule has 0 bridgehead atoms. The molecule has 0 aliphatic rings. The number of pyridine rings is 1. The number of alkyl halides is 3. The fourth-order valence-corrected chi connectivity index (χ4v) is 2.80. The standard InChI is InChI=1S/C22H24F3NO7/c1-12(2)31-21(28)33-19-14(4)26-13(3)18(32-20(27)30-10-9-29-5)17(19)15-7-6-8-16(11-15)22(23,24)25/h6-8,11-12H,9-10H2,1-5H3. The van der Waals surface area contributed by atoms with Crippen LogP contribution in [0.15, 0.2) is 24.3 Å². The molecule has 33 heavy (non-hydrogen) atoms. The lowest BCUT2D eigenvalue weighted by atomic mass is 9.99. The number of benzene rings is 1. The SMILES string of the molecule is COCCOC(=O)Oc1c(C)nc(C)c(OC(=O)OC(C)C)c1-c1cccc(C(F)(F)F)c1. The highest BCUT2D eigenvalue weighted by atomic mass is 19.4. The van der Waals surface area contributed by atoms with Crippen molar-refractivity contribution in [3.05, 3.63) is 41.2 Å². The van der Waals surface area contributed by atoms with Gasteiger partial charge in [0.15, 0.2) is 11.5 Å². The third kappa shape index (κ3) is 7.07. The van der Waals surface area contributed by atoms with E-state index in [2.05, 4.69) is 4.98 Å². The fraction of sp³-hybridized carbons (Fsp3) is 0.409. The average Bonchev–Trinajstić information content (AvgIpc) is 2.70. The van der Waals surface area contributed by atoms with Gasteiger partial charge in [-0.3, -0.25) is 4.98 Å². The Morgan fingerprint density at radius 2 is 1.61 bits per heavy atom. The van der Waals surface area contributed by atoms with Gasteiger partial charge in [0.1, 0.15) is 6.61 Å². The van der Waals surface area contributed by atoms with Crippen LogP contribution < -0.4 is 9.47 Å². The van der Waals surface area contributed by atoms with Crippen molar-refractivity contribution < 1.29 is 46.4 Å². The van der Waals surface area contributed by atoms with Crippen LogP contribution in [0.5, 0.6) is 11.5 Å². The van der Waals surface area contributed by atoms with Crippen LogP contribution in [0.25, 0.3) is 11.1 Å². The third-order valence-corrected chi connectivity index (χ3v) is 4.14. The van der Waals surface area contributed by atoms with Gasteiger partial charge in [0.05, 0.1) is 35.2 Å². The molecule has 0 amide bonds. The molecule has 0 aliphatic heterocycles. The first-order chi connectivity index (χ1) is 15.4. The van der Waals surface area contributed by atoms with Crippen LogP contribution in [0.2, 0.25) is 0 Å². The lowest BCUT2D eigenvalue weighted by Gasteiger charge is -2.19. The van der Waals surface area contributed by atoms with Crippen LogP contribution in [0.1, 0.15) is 30.8 Å². The molecule has 8 nitrogen and oxygen atoms in total. The van der Waals surface area contributed by atoms with E-state index in [-0.39, 0.29) is 47.2 Å². The van der Waals surface area contributed by atoms with E-state index in [0.717, 1.165) is 12.1 Å². The van der Waals surface area contributed by atoms with Crippen LogP contribution in [0.3, 0.4) is 0 Å². The Bertz CT molecular complexity index is 1010. The third-order valence-electron chi connectivity index (χ3n) is 4.14. The number of rotatable bonds is 7. The van der Waals surface area contributed by atoms with Gasteiger partial charge in [-0.2, -0.15) is 13.2 Å². The molecule has 0 atom stereocenters. The first-order valence-electron chi connectivity index (χ1n) is 9.84. The summed E-state index contributed by atoms with van der Waals surface area (Å²) in [4.78, 5) is 28.6. The monoisotopic (exact) mass is 471 g/mol. The molecular formula is C22H24F3NO7. The maximum Gasteiger partial charge on any atom is 0.514 e. The Morgan fingerprint density at radius 1 is 1.00 bits per heavy atom. The number of halogens is 3. The van der Waals surface area contributed by atoms with E-state index in [1.807, 2.05) is 0 Å². The normalized spacial score (nSPS) is 11.3. The molecule has 2 rings (SSSR count). The van der Waals surface area contributed by atoms with Gasteiger partial charge in [-0.05, 0) is 45.4 Å². The predicted octanol–water partition coefficient (Wildman–Crippen LogP) is 5.47. The van der Waals surface area contributed by atoms with Crippen molar-refractivity contribution in [2.45, 2.75) is 40.0 Å². The van der Waals surface area contributed by atoms with Gasteiger partial charge in [-0.1, -0.05) is 12.1 Å². The van der Waals surface area contributed by atoms with E-state index >= 15 is 0 Å². The zero-order chi connectivity index (χ0) is 24.8. The van der Waals surface area contributed by atoms with Crippen molar-refractivity contribution in [3.63, 3.8) is 0 Å². The van der Waals surface area contributed by atoms with Crippen molar-refractivity contribution in [3.8, 4) is 22.6 Å². The van der Waals surface area contributed by atoms with E-state index in [0.29, 0.717) is 0 Å². The summed E-state index contributed by atoms with van der Waals surface area (Å²) in [7, 11) is 1.41. The zero-order valence-corrected chi connectivity index (χ0v) is 18.7. The number of carbonyl (C=O) groups is 2. The van der Waals surface area contributed by atoms with E-state index in [9.17, 15) is 22.8 Å². The lowest BCUT2D eigenvalue weighted by molar-refractivity contribution is -0.137. The van der Waals surface area contributed by atoms with Crippen molar-refractivity contribution in [2.75, 3.05) is 20.3 Å². The van der Waals surface area contributed by atoms with Gasteiger partial charge in [-0.15, -0.1) is 0 Å². The Kier molecular flexibility index (Phi) is 8.63. The van der Waals surface area contributed by atoms with Gasteiger partial charge in [-0.25, -0.2) is 9.59 Å². The summed E-state index contributed by atoms with van der Waals surface area (Å²) in [5.41, 5.74) is -0.730. The maximum atomic E-state index is 13.3. The summed E-state index contributed by atoms with van der Waals surface area (Å²) in [6.45, 7) is 6.16. The van der Waals surface area contributed by atoms with E-state index in [4.69, 9.17) is 23.7 Å². The Labute approximate surface area is 188 Å². The first kappa shape index (κ1) is 25.9. The molecule has 1 heterocycles. The number of methoxy groups -OCH3 is 1. The number of aromatic nitrogens is 1. The lowest BCUT2D eigenvalue weighted by Crippen LogP contribution is -2.19. The fourth-order valence-electron chi connectivity index (χ4n) is 2.80. The molecular weight excluding hydrogens is 447 g/mol. The minimum absolute atomic E-state index is 0.0227. The topological polar surface area (TPSA) is 93.2 Å². The largest absolute Gasteiger partial charge is 0.514 e. The Hall–Kier alpha value is -3.34. The molecule has 180 valence electrons. The molecule has 1 aromatic carbocycles. The van der Waals surface area contributed by atoms with Gasteiger partial charge < -0.3 is 23.7 Å². The smallest absolute Gasteiger partial charge is 0.432 e. The molecule has 11 heteroatoms. The second-order valence-electron chi connectivity index (χ2n) is 7.11. The number of ether oxygens (including phenoxy) is 5. The molecule has 0 radical (unpaired) electrons. The van der Waals surface area contributed by atoms with Crippen LogP contribution in [0, 0.1) is 13.8 Å². The highest BCUT2D eigenvalue weighted by Gasteiger charge is 2.32. The summed E-state index contributed by atoms with van der Waals surface area (Å²) in [5.74, 6) is -0.444. The van der Waals surface area contributed by atoms with Crippen LogP contribution in [-0.4, -0.2) is 43.7 Å². The van der Waals surface area contributed by atoms with Gasteiger partial charge in [0, 0.05) is 7.11 Å². The maximum absolute atomic E-state index is 13.3. The minimum atomic E-state index is -4.63. The van der Waals surface area contributed by atoms with Crippen LogP contribution in [0.4, 0.5) is 22.8 Å². The van der Waals surface area contributed by atoms with Crippen molar-refractivity contribution in [1.29, 1.82) is 0 Å². The molecule has 2 aromatic rings. The van der Waals surface area contributed by atoms with Crippen LogP contribution in [-0.2, 0) is 20.4 Å². The van der Waals surface area contributed by atoms with E-state index < -0.39 is 30.2 Å². The van der Waals surface area contributed by atoms with Gasteiger partial charge in [0.2, 0.25) is 0 Å². The second-order valence-corrected chi connectivity index (χ2v) is 7.11. The van der Waals surface area contributed by atoms with Crippen LogP contribution >= 0.6 is 0 Å². The number of carbonyl (C=O) groups excluding carboxylic acids is 2. The zero-order valence-electron chi connectivity index (χ0n) is 18.7. The molecule has 1 aromatic heterocycles. The van der Waals surface area contributed by atoms with Crippen molar-refractivity contribution in [1.82, 2.24) is 4.98 Å². The molecule has 0 unspecified atom stereocenters. The predicted molar refractivity (Wildman–Crippen MR) is 110 cm³/mol. The van der Waals surface area contributed by atoms with Gasteiger partial charge in [0.25, 0.3) is 0 Å². The number of hydrogen-bond donors (Lipinski definition) is 0. The highest BCUT2D eigenvalue weighted by Crippen LogP contribution is 2.43. The Morgan fingerprint density at radius 3 is 2.15 bits per heavy atom. The summed E-state index contributed by atoms with van der Waals surface area (Å²) in [6, 6.07) is 4.27. The summed E-state index contributed by atoms with van der Waals surface area (Å²) in [5, 5.41) is 0. The van der Waals surface area contributed by atoms with Crippen molar-refractivity contribution >= 4 is 12.3 Å². The molecule has 0 saturated carbocycles. The number of aryl methyl sites for hydroxylation is 2. The summed E-state index contributed by atoms with van der Waals surface area (Å²) >= 11 is 0. The summed E-state index contributed by atoms with van der Waals surface area (Å²) in [6.07, 6.45) is -7.38. The minimum Gasteiger partial charge on any atom is -0.432 e. The second kappa shape index (κ2) is 11.0. The van der Waals surface area contributed by atoms with E-state index in [1.165, 1.54) is 33.1 Å². The van der Waals surface area contributed by atoms with E-state index in [1.54, 1.807) is 13.8 Å². The molecule has 0 aliphatic carbocycles. The number of hydrogen-bond acceptors (Lipinski definition) is 8. The van der Waals surface area contributed by atoms with Crippen molar-refractivity contribution in [2.24, 2.45) is 0 Å². The molecule has 0 N–H and O–H groups in total. The molecule has 0 fully saturated rings. The first-order valence-corrected chi connectivity index (χ1v) is 9.84. The quantitative estimate of drug-likeness (QED) is 0.388. The molecule has 0 saturated heterocycles. The Balaban J connectivity index is 2.65. The average molecular weight is 471 g/mol. The summed E-state index contributed by atoms with van der Waals surface area (Å²) < 4.78 is 65.2. The van der Waals surface area contributed by atoms with Gasteiger partial charge >= 0.3 is 18.5 Å².